The lowest BCUT2D eigenvalue weighted by Crippen LogP contribution is -2.37. The maximum absolute atomic E-state index is 11.7. The van der Waals surface area contributed by atoms with Crippen molar-refractivity contribution in [2.45, 2.75) is 38.5 Å². The van der Waals surface area contributed by atoms with Crippen molar-refractivity contribution in [1.82, 2.24) is 9.97 Å². The van der Waals surface area contributed by atoms with Crippen LogP contribution in [0.1, 0.15) is 38.5 Å². The molecule has 0 radical (unpaired) electrons. The minimum absolute atomic E-state index is 0.391. The molecule has 0 unspecified atom stereocenters. The lowest BCUT2D eigenvalue weighted by Gasteiger charge is -2.28. The number of anilines is 1. The van der Waals surface area contributed by atoms with Crippen molar-refractivity contribution in [3.63, 3.8) is 0 Å². The quantitative estimate of drug-likeness (QED) is 0.805. The van der Waals surface area contributed by atoms with Gasteiger partial charge in [-0.05, 0) is 12.8 Å². The van der Waals surface area contributed by atoms with E-state index in [0.717, 1.165) is 38.5 Å². The summed E-state index contributed by atoms with van der Waals surface area (Å²) in [7, 11) is 1.54. The first-order valence-corrected chi connectivity index (χ1v) is 7.00. The van der Waals surface area contributed by atoms with Gasteiger partial charge in [0.2, 0.25) is 5.88 Å². The molecule has 1 heterocycles. The number of ether oxygens (including phenoxy) is 1. The Balaban J connectivity index is 2.06. The van der Waals surface area contributed by atoms with Gasteiger partial charge in [-0.3, -0.25) is 4.79 Å². The Morgan fingerprint density at radius 1 is 1.35 bits per heavy atom. The Morgan fingerprint density at radius 2 is 2.05 bits per heavy atom. The monoisotopic (exact) mass is 279 g/mol. The molecule has 0 aliphatic heterocycles. The fourth-order valence-electron chi connectivity index (χ4n) is 2.68. The van der Waals surface area contributed by atoms with Crippen LogP contribution in [0.25, 0.3) is 0 Å². The van der Waals surface area contributed by atoms with E-state index in [0.29, 0.717) is 18.2 Å². The zero-order valence-electron chi connectivity index (χ0n) is 11.8. The average Bonchev–Trinajstić information content (AvgIpc) is 2.72. The molecule has 6 heteroatoms. The second-order valence-electron chi connectivity index (χ2n) is 5.30. The molecule has 0 aromatic carbocycles. The van der Waals surface area contributed by atoms with Crippen molar-refractivity contribution >= 4 is 11.8 Å². The highest BCUT2D eigenvalue weighted by atomic mass is 16.5. The van der Waals surface area contributed by atoms with E-state index in [1.165, 1.54) is 13.4 Å². The predicted octanol–water partition coefficient (Wildman–Crippen LogP) is 2.32. The van der Waals surface area contributed by atoms with Crippen molar-refractivity contribution in [1.29, 1.82) is 0 Å². The van der Waals surface area contributed by atoms with Gasteiger partial charge in [-0.15, -0.1) is 0 Å². The average molecular weight is 279 g/mol. The van der Waals surface area contributed by atoms with Crippen LogP contribution in [0.2, 0.25) is 0 Å². The maximum Gasteiger partial charge on any atom is 0.311 e. The molecule has 6 nitrogen and oxygen atoms in total. The normalized spacial score (nSPS) is 18.1. The van der Waals surface area contributed by atoms with Crippen LogP contribution in [0.4, 0.5) is 5.82 Å². The first kappa shape index (κ1) is 14.6. The number of carboxylic acids is 1. The smallest absolute Gasteiger partial charge is 0.311 e. The molecule has 1 aromatic heterocycles. The summed E-state index contributed by atoms with van der Waals surface area (Å²) in [5, 5.41) is 12.7. The van der Waals surface area contributed by atoms with E-state index in [-0.39, 0.29) is 0 Å². The lowest BCUT2D eigenvalue weighted by atomic mass is 9.80. The van der Waals surface area contributed by atoms with E-state index < -0.39 is 11.4 Å². The maximum atomic E-state index is 11.7. The van der Waals surface area contributed by atoms with E-state index in [1.807, 2.05) is 0 Å². The third-order valence-electron chi connectivity index (χ3n) is 3.97. The van der Waals surface area contributed by atoms with Gasteiger partial charge >= 0.3 is 5.97 Å². The summed E-state index contributed by atoms with van der Waals surface area (Å²) in [5.74, 6) is 0.349. The van der Waals surface area contributed by atoms with E-state index in [9.17, 15) is 9.90 Å². The number of aromatic nitrogens is 2. The molecular formula is C14H21N3O3. The van der Waals surface area contributed by atoms with Gasteiger partial charge in [-0.2, -0.15) is 0 Å². The zero-order valence-corrected chi connectivity index (χ0v) is 11.8. The van der Waals surface area contributed by atoms with Gasteiger partial charge in [0.05, 0.1) is 12.5 Å². The molecule has 0 amide bonds. The number of carbonyl (C=O) groups is 1. The van der Waals surface area contributed by atoms with Crippen LogP contribution in [0.5, 0.6) is 5.88 Å². The second kappa shape index (κ2) is 6.54. The van der Waals surface area contributed by atoms with Crippen LogP contribution in [-0.2, 0) is 4.79 Å². The predicted molar refractivity (Wildman–Crippen MR) is 74.8 cm³/mol. The molecule has 1 saturated carbocycles. The summed E-state index contributed by atoms with van der Waals surface area (Å²) in [6, 6.07) is 1.67. The molecule has 0 bridgehead atoms. The van der Waals surface area contributed by atoms with Crippen molar-refractivity contribution in [3.8, 4) is 5.88 Å². The largest absolute Gasteiger partial charge is 0.481 e. The number of hydrogen-bond acceptors (Lipinski definition) is 5. The van der Waals surface area contributed by atoms with Crippen LogP contribution < -0.4 is 10.1 Å². The molecule has 2 N–H and O–H groups in total. The topological polar surface area (TPSA) is 84.3 Å². The second-order valence-corrected chi connectivity index (χ2v) is 5.30. The Hall–Kier alpha value is -1.85. The van der Waals surface area contributed by atoms with Gasteiger partial charge < -0.3 is 15.2 Å². The summed E-state index contributed by atoms with van der Waals surface area (Å²) in [4.78, 5) is 19.7. The molecule has 110 valence electrons. The van der Waals surface area contributed by atoms with Crippen molar-refractivity contribution in [3.05, 3.63) is 12.4 Å². The first-order valence-electron chi connectivity index (χ1n) is 7.00. The van der Waals surface area contributed by atoms with Gasteiger partial charge in [0, 0.05) is 12.6 Å². The highest BCUT2D eigenvalue weighted by molar-refractivity contribution is 5.75. The number of rotatable bonds is 5. The third-order valence-corrected chi connectivity index (χ3v) is 3.97. The number of nitrogens with zero attached hydrogens (tertiary/aromatic N) is 2. The molecule has 1 fully saturated rings. The third kappa shape index (κ3) is 3.37. The number of aliphatic carboxylic acids is 1. The van der Waals surface area contributed by atoms with Gasteiger partial charge in [0.1, 0.15) is 12.1 Å². The van der Waals surface area contributed by atoms with Gasteiger partial charge in [0.15, 0.2) is 0 Å². The Bertz CT molecular complexity index is 457. The molecule has 0 atom stereocenters. The Kier molecular flexibility index (Phi) is 4.76. The minimum atomic E-state index is -0.715. The molecule has 0 spiro atoms. The van der Waals surface area contributed by atoms with Crippen molar-refractivity contribution in [2.24, 2.45) is 5.41 Å². The summed E-state index contributed by atoms with van der Waals surface area (Å²) in [6.07, 6.45) is 7.03. The molecule has 20 heavy (non-hydrogen) atoms. The van der Waals surface area contributed by atoms with E-state index in [1.54, 1.807) is 6.07 Å². The van der Waals surface area contributed by atoms with Gasteiger partial charge in [-0.25, -0.2) is 9.97 Å². The minimum Gasteiger partial charge on any atom is -0.481 e. The fourth-order valence-corrected chi connectivity index (χ4v) is 2.68. The zero-order chi connectivity index (χ0) is 14.4. The lowest BCUT2D eigenvalue weighted by molar-refractivity contribution is -0.149. The number of hydrogen-bond donors (Lipinski definition) is 2. The summed E-state index contributed by atoms with van der Waals surface area (Å²) < 4.78 is 5.03. The summed E-state index contributed by atoms with van der Waals surface area (Å²) in [6.45, 7) is 0.391. The molecule has 1 aliphatic carbocycles. The number of methoxy groups -OCH3 is 1. The molecule has 1 aromatic rings. The van der Waals surface area contributed by atoms with E-state index >= 15 is 0 Å². The van der Waals surface area contributed by atoms with Crippen molar-refractivity contribution in [2.75, 3.05) is 19.0 Å². The van der Waals surface area contributed by atoms with Crippen LogP contribution >= 0.6 is 0 Å². The molecule has 2 rings (SSSR count). The molecule has 0 saturated heterocycles. The van der Waals surface area contributed by atoms with Gasteiger partial charge in [-0.1, -0.05) is 25.7 Å². The first-order chi connectivity index (χ1) is 9.66. The summed E-state index contributed by atoms with van der Waals surface area (Å²) in [5.41, 5.74) is -0.686. The molecule has 1 aliphatic rings. The summed E-state index contributed by atoms with van der Waals surface area (Å²) >= 11 is 0. The highest BCUT2D eigenvalue weighted by Gasteiger charge is 2.38. The van der Waals surface area contributed by atoms with Crippen LogP contribution in [0.15, 0.2) is 12.4 Å². The van der Waals surface area contributed by atoms with E-state index in [4.69, 9.17) is 4.74 Å². The van der Waals surface area contributed by atoms with E-state index in [2.05, 4.69) is 15.3 Å². The molecular weight excluding hydrogens is 258 g/mol. The van der Waals surface area contributed by atoms with Crippen LogP contribution in [0.3, 0.4) is 0 Å². The van der Waals surface area contributed by atoms with Crippen LogP contribution in [0, 0.1) is 5.41 Å². The Labute approximate surface area is 118 Å². The number of carboxylic acid groups (broad SMARTS) is 1. The van der Waals surface area contributed by atoms with Crippen LogP contribution in [-0.4, -0.2) is 34.7 Å². The fraction of sp³-hybridized carbons (Fsp3) is 0.643. The number of nitrogens with one attached hydrogen (secondary N) is 1. The highest BCUT2D eigenvalue weighted by Crippen LogP contribution is 2.35. The van der Waals surface area contributed by atoms with Gasteiger partial charge in [0.25, 0.3) is 0 Å². The standard InChI is InChI=1S/C14H21N3O3/c1-20-12-8-11(16-10-17-12)15-9-14(13(18)19)6-4-2-3-5-7-14/h8,10H,2-7,9H2,1H3,(H,18,19)(H,15,16,17). The van der Waals surface area contributed by atoms with Crippen molar-refractivity contribution < 1.29 is 14.6 Å². The SMILES string of the molecule is COc1cc(NCC2(C(=O)O)CCCCCC2)ncn1. The Morgan fingerprint density at radius 3 is 2.65 bits per heavy atom.